The number of carbonyl (C=O) groups is 1. The molecule has 6 heterocycles. The number of pyridine rings is 2. The molecule has 3 aromatic rings. The number of anilines is 3. The van der Waals surface area contributed by atoms with Crippen molar-refractivity contribution < 1.29 is 27.4 Å². The van der Waals surface area contributed by atoms with E-state index in [4.69, 9.17) is 19.4 Å². The summed E-state index contributed by atoms with van der Waals surface area (Å²) in [7, 11) is 1.93. The molecule has 1 N–H and O–H groups in total. The lowest BCUT2D eigenvalue weighted by molar-refractivity contribution is -0.141. The molecule has 0 aliphatic carbocycles. The van der Waals surface area contributed by atoms with Gasteiger partial charge in [0.2, 0.25) is 11.8 Å². The largest absolute Gasteiger partial charge is 0.437 e. The third-order valence-corrected chi connectivity index (χ3v) is 7.42. The zero-order chi connectivity index (χ0) is 27.2. The van der Waals surface area contributed by atoms with E-state index in [0.29, 0.717) is 45.1 Å². The van der Waals surface area contributed by atoms with E-state index in [1.807, 2.05) is 16.8 Å². The van der Waals surface area contributed by atoms with Gasteiger partial charge in [-0.05, 0) is 30.5 Å². The van der Waals surface area contributed by atoms with Crippen LogP contribution in [0.1, 0.15) is 36.2 Å². The van der Waals surface area contributed by atoms with Crippen LogP contribution in [-0.4, -0.2) is 58.2 Å². The van der Waals surface area contributed by atoms with Crippen LogP contribution in [0, 0.1) is 0 Å². The Balaban J connectivity index is 1.17. The molecule has 204 valence electrons. The molecule has 3 aliphatic rings. The minimum absolute atomic E-state index is 0.103. The maximum atomic E-state index is 13.6. The first-order valence-electron chi connectivity index (χ1n) is 12.7. The van der Waals surface area contributed by atoms with E-state index in [9.17, 15) is 18.0 Å². The molecular weight excluding hydrogens is 515 g/mol. The lowest BCUT2D eigenvalue weighted by Crippen LogP contribution is -2.65. The average molecular weight is 542 g/mol. The molecule has 0 radical (unpaired) electrons. The van der Waals surface area contributed by atoms with Gasteiger partial charge in [0.1, 0.15) is 22.7 Å². The van der Waals surface area contributed by atoms with Gasteiger partial charge in [0.25, 0.3) is 5.91 Å². The van der Waals surface area contributed by atoms with Crippen LogP contribution in [0.3, 0.4) is 0 Å². The van der Waals surface area contributed by atoms with E-state index < -0.39 is 17.4 Å². The van der Waals surface area contributed by atoms with E-state index in [1.165, 1.54) is 6.07 Å². The SMILES string of the molecule is CN1c2nc(NCc3ccc(Oc4ccc(C(F)(F)F)nc4)nc3)nc3c2N(CCC3)C(=O)C12CCOCC2. The number of rotatable bonds is 5. The third-order valence-electron chi connectivity index (χ3n) is 7.42. The molecular formula is C26H26F3N7O3. The quantitative estimate of drug-likeness (QED) is 0.514. The van der Waals surface area contributed by atoms with Crippen LogP contribution in [-0.2, 0) is 28.7 Å². The van der Waals surface area contributed by atoms with E-state index >= 15 is 0 Å². The van der Waals surface area contributed by atoms with Crippen molar-refractivity contribution in [1.29, 1.82) is 0 Å². The second kappa shape index (κ2) is 9.63. The van der Waals surface area contributed by atoms with Crippen molar-refractivity contribution >= 4 is 23.4 Å². The lowest BCUT2D eigenvalue weighted by atomic mass is 9.83. The number of hydrogen-bond donors (Lipinski definition) is 1. The highest BCUT2D eigenvalue weighted by atomic mass is 19.4. The topological polar surface area (TPSA) is 106 Å². The molecule has 0 atom stereocenters. The number of aryl methyl sites for hydroxylation is 1. The molecule has 0 unspecified atom stereocenters. The van der Waals surface area contributed by atoms with Gasteiger partial charge in [-0.2, -0.15) is 18.2 Å². The van der Waals surface area contributed by atoms with Crippen molar-refractivity contribution in [2.45, 2.75) is 43.9 Å². The first kappa shape index (κ1) is 25.3. The molecule has 1 amide bonds. The van der Waals surface area contributed by atoms with Gasteiger partial charge in [-0.3, -0.25) is 4.79 Å². The van der Waals surface area contributed by atoms with E-state index in [0.717, 1.165) is 47.9 Å². The second-order valence-corrected chi connectivity index (χ2v) is 9.77. The van der Waals surface area contributed by atoms with Crippen molar-refractivity contribution in [2.24, 2.45) is 0 Å². The number of alkyl halides is 3. The van der Waals surface area contributed by atoms with Gasteiger partial charge in [0.05, 0.1) is 11.9 Å². The Labute approximate surface area is 222 Å². The number of halogens is 3. The number of aromatic nitrogens is 4. The predicted molar refractivity (Wildman–Crippen MR) is 135 cm³/mol. The van der Waals surface area contributed by atoms with Gasteiger partial charge in [-0.25, -0.2) is 15.0 Å². The molecule has 6 rings (SSSR count). The van der Waals surface area contributed by atoms with Crippen LogP contribution in [0.4, 0.5) is 30.6 Å². The summed E-state index contributed by atoms with van der Waals surface area (Å²) in [6, 6.07) is 5.47. The molecule has 1 spiro atoms. The highest BCUT2D eigenvalue weighted by Gasteiger charge is 2.52. The Morgan fingerprint density at radius 1 is 1.10 bits per heavy atom. The van der Waals surface area contributed by atoms with Crippen molar-refractivity contribution in [3.8, 4) is 11.6 Å². The number of carbonyl (C=O) groups excluding carboxylic acids is 1. The molecule has 3 aliphatic heterocycles. The van der Waals surface area contributed by atoms with Gasteiger partial charge in [-0.1, -0.05) is 6.07 Å². The number of nitrogens with zero attached hydrogens (tertiary/aromatic N) is 6. The third kappa shape index (κ3) is 4.60. The Morgan fingerprint density at radius 2 is 1.92 bits per heavy atom. The van der Waals surface area contributed by atoms with Gasteiger partial charge in [0.15, 0.2) is 5.82 Å². The maximum Gasteiger partial charge on any atom is 0.433 e. The minimum Gasteiger partial charge on any atom is -0.437 e. The predicted octanol–water partition coefficient (Wildman–Crippen LogP) is 3.97. The first-order valence-corrected chi connectivity index (χ1v) is 12.7. The summed E-state index contributed by atoms with van der Waals surface area (Å²) in [5.74, 6) is 1.69. The molecule has 0 bridgehead atoms. The zero-order valence-electron chi connectivity index (χ0n) is 21.2. The second-order valence-electron chi connectivity index (χ2n) is 9.77. The Hall–Kier alpha value is -4.00. The molecule has 39 heavy (non-hydrogen) atoms. The van der Waals surface area contributed by atoms with Crippen LogP contribution in [0.15, 0.2) is 36.7 Å². The normalized spacial score (nSPS) is 18.2. The Kier molecular flexibility index (Phi) is 6.25. The zero-order valence-corrected chi connectivity index (χ0v) is 21.2. The summed E-state index contributed by atoms with van der Waals surface area (Å²) in [5.41, 5.74) is 0.832. The molecule has 10 nitrogen and oxygen atoms in total. The summed E-state index contributed by atoms with van der Waals surface area (Å²) < 4.78 is 49.2. The fourth-order valence-corrected chi connectivity index (χ4v) is 5.31. The summed E-state index contributed by atoms with van der Waals surface area (Å²) in [4.78, 5) is 34.6. The number of ether oxygens (including phenoxy) is 2. The molecule has 3 aromatic heterocycles. The Bertz CT molecular complexity index is 1380. The van der Waals surface area contributed by atoms with Crippen molar-refractivity contribution in [2.75, 3.05) is 41.9 Å². The highest BCUT2D eigenvalue weighted by Crippen LogP contribution is 2.46. The van der Waals surface area contributed by atoms with Gasteiger partial charge < -0.3 is 24.6 Å². The van der Waals surface area contributed by atoms with Crippen LogP contribution < -0.4 is 19.9 Å². The number of amides is 1. The summed E-state index contributed by atoms with van der Waals surface area (Å²) in [6.45, 7) is 2.11. The van der Waals surface area contributed by atoms with Crippen molar-refractivity contribution in [3.05, 3.63) is 53.6 Å². The van der Waals surface area contributed by atoms with Crippen LogP contribution in [0.2, 0.25) is 0 Å². The summed E-state index contributed by atoms with van der Waals surface area (Å²) in [5, 5.41) is 3.26. The van der Waals surface area contributed by atoms with E-state index in [-0.39, 0.29) is 17.5 Å². The van der Waals surface area contributed by atoms with Gasteiger partial charge >= 0.3 is 6.18 Å². The number of nitrogens with one attached hydrogen (secondary N) is 1. The van der Waals surface area contributed by atoms with Crippen molar-refractivity contribution in [3.63, 3.8) is 0 Å². The number of likely N-dealkylation sites (N-methyl/N-ethyl adjacent to an activating group) is 1. The fraction of sp³-hybridized carbons (Fsp3) is 0.423. The van der Waals surface area contributed by atoms with Crippen molar-refractivity contribution in [1.82, 2.24) is 19.9 Å². The molecule has 0 saturated carbocycles. The molecule has 1 fully saturated rings. The Morgan fingerprint density at radius 3 is 2.62 bits per heavy atom. The fourth-order valence-electron chi connectivity index (χ4n) is 5.31. The molecule has 0 aromatic carbocycles. The minimum atomic E-state index is -4.51. The summed E-state index contributed by atoms with van der Waals surface area (Å²) in [6.07, 6.45) is 0.932. The maximum absolute atomic E-state index is 13.6. The smallest absolute Gasteiger partial charge is 0.433 e. The first-order chi connectivity index (χ1) is 18.7. The van der Waals surface area contributed by atoms with E-state index in [2.05, 4.69) is 15.3 Å². The van der Waals surface area contributed by atoms with Crippen LogP contribution in [0.5, 0.6) is 11.6 Å². The summed E-state index contributed by atoms with van der Waals surface area (Å²) >= 11 is 0. The molecule has 13 heteroatoms. The lowest BCUT2D eigenvalue weighted by Gasteiger charge is -2.51. The monoisotopic (exact) mass is 541 g/mol. The van der Waals surface area contributed by atoms with Gasteiger partial charge in [0, 0.05) is 58.5 Å². The van der Waals surface area contributed by atoms with Gasteiger partial charge in [-0.15, -0.1) is 0 Å². The molecule has 1 saturated heterocycles. The number of hydrogen-bond acceptors (Lipinski definition) is 9. The van der Waals surface area contributed by atoms with Crippen LogP contribution in [0.25, 0.3) is 0 Å². The highest BCUT2D eigenvalue weighted by molar-refractivity contribution is 6.08. The van der Waals surface area contributed by atoms with Crippen LogP contribution >= 0.6 is 0 Å². The average Bonchev–Trinajstić information content (AvgIpc) is 2.95. The van der Waals surface area contributed by atoms with E-state index in [1.54, 1.807) is 18.3 Å². The standard InChI is InChI=1S/C26H26F3N7O3/c1-35-22-21-18(3-2-10-36(21)23(37)25(35)8-11-38-12-9-25)33-24(34-22)32-14-16-4-7-20(31-13-16)39-17-5-6-19(30-15-17)26(27,28)29/h4-7,13,15H,2-3,8-12,14H2,1H3,(H,32,33,34).